The van der Waals surface area contributed by atoms with E-state index in [4.69, 9.17) is 5.53 Å². The molecule has 0 unspecified atom stereocenters. The second-order valence-corrected chi connectivity index (χ2v) is 3.03. The first-order valence-electron chi connectivity index (χ1n) is 4.47. The minimum atomic E-state index is 0.584. The molecule has 0 bridgehead atoms. The van der Waals surface area contributed by atoms with Crippen LogP contribution in [0, 0.1) is 0 Å². The van der Waals surface area contributed by atoms with Crippen molar-refractivity contribution in [1.29, 1.82) is 0 Å². The van der Waals surface area contributed by atoms with E-state index in [9.17, 15) is 0 Å². The zero-order chi connectivity index (χ0) is 9.40. The highest BCUT2D eigenvalue weighted by Crippen LogP contribution is 1.98. The molecule has 0 aromatic carbocycles. The summed E-state index contributed by atoms with van der Waals surface area (Å²) >= 11 is 0. The van der Waals surface area contributed by atoms with Crippen molar-refractivity contribution in [2.45, 2.75) is 33.2 Å². The van der Waals surface area contributed by atoms with E-state index in [2.05, 4.69) is 35.7 Å². The van der Waals surface area contributed by atoms with Crippen LogP contribution in [0.15, 0.2) is 5.11 Å². The van der Waals surface area contributed by atoms with Crippen molar-refractivity contribution < 1.29 is 0 Å². The fourth-order valence-electron chi connectivity index (χ4n) is 1.17. The highest BCUT2D eigenvalue weighted by Gasteiger charge is 2.04. The van der Waals surface area contributed by atoms with E-state index < -0.39 is 0 Å². The Morgan fingerprint density at radius 3 is 2.58 bits per heavy atom. The standard InChI is InChI=1S/C8H18N4/c1-4-12(8(2)3)7-5-6-10-11-9/h8H,4-7H2,1-3H3. The van der Waals surface area contributed by atoms with Crippen molar-refractivity contribution >= 4 is 0 Å². The Balaban J connectivity index is 3.51. The molecule has 0 aromatic heterocycles. The van der Waals surface area contributed by atoms with Gasteiger partial charge in [0.05, 0.1) is 0 Å². The Bertz CT molecular complexity index is 149. The Hall–Kier alpha value is -0.730. The van der Waals surface area contributed by atoms with Gasteiger partial charge in [-0.15, -0.1) is 0 Å². The average molecular weight is 170 g/mol. The van der Waals surface area contributed by atoms with Gasteiger partial charge in [-0.1, -0.05) is 12.0 Å². The molecule has 0 aromatic rings. The van der Waals surface area contributed by atoms with Gasteiger partial charge >= 0.3 is 0 Å². The molecule has 4 nitrogen and oxygen atoms in total. The molecule has 0 amide bonds. The van der Waals surface area contributed by atoms with E-state index in [1.165, 1.54) is 0 Å². The molecule has 0 N–H and O–H groups in total. The summed E-state index contributed by atoms with van der Waals surface area (Å²) in [5, 5.41) is 3.49. The molecule has 0 aliphatic carbocycles. The summed E-state index contributed by atoms with van der Waals surface area (Å²) in [4.78, 5) is 5.06. The average Bonchev–Trinajstić information content (AvgIpc) is 2.04. The van der Waals surface area contributed by atoms with E-state index in [1.807, 2.05) is 0 Å². The first-order chi connectivity index (χ1) is 5.72. The van der Waals surface area contributed by atoms with E-state index in [0.717, 1.165) is 19.5 Å². The largest absolute Gasteiger partial charge is 0.301 e. The number of rotatable bonds is 6. The maximum absolute atomic E-state index is 8.04. The van der Waals surface area contributed by atoms with Gasteiger partial charge in [0.15, 0.2) is 0 Å². The minimum absolute atomic E-state index is 0.584. The smallest absolute Gasteiger partial charge is 0.0270 e. The Labute approximate surface area is 74.2 Å². The Morgan fingerprint density at radius 2 is 2.17 bits per heavy atom. The third-order valence-corrected chi connectivity index (χ3v) is 1.90. The third-order valence-electron chi connectivity index (χ3n) is 1.90. The number of hydrogen-bond acceptors (Lipinski definition) is 2. The van der Waals surface area contributed by atoms with Crippen molar-refractivity contribution in [2.24, 2.45) is 5.11 Å². The fraction of sp³-hybridized carbons (Fsp3) is 1.00. The van der Waals surface area contributed by atoms with Gasteiger partial charge < -0.3 is 4.90 Å². The molecule has 0 saturated carbocycles. The van der Waals surface area contributed by atoms with E-state index >= 15 is 0 Å². The highest BCUT2D eigenvalue weighted by atomic mass is 15.2. The fourth-order valence-corrected chi connectivity index (χ4v) is 1.17. The summed E-state index contributed by atoms with van der Waals surface area (Å²) in [5.74, 6) is 0. The molecule has 0 heterocycles. The topological polar surface area (TPSA) is 52.0 Å². The van der Waals surface area contributed by atoms with Crippen molar-refractivity contribution in [3.05, 3.63) is 10.4 Å². The molecule has 0 aliphatic rings. The molecule has 0 aliphatic heterocycles. The lowest BCUT2D eigenvalue weighted by atomic mass is 10.3. The van der Waals surface area contributed by atoms with Gasteiger partial charge in [-0.3, -0.25) is 0 Å². The second kappa shape index (κ2) is 6.95. The van der Waals surface area contributed by atoms with Crippen LogP contribution in [0.1, 0.15) is 27.2 Å². The monoisotopic (exact) mass is 170 g/mol. The summed E-state index contributed by atoms with van der Waals surface area (Å²) in [6.45, 7) is 9.20. The summed E-state index contributed by atoms with van der Waals surface area (Å²) in [6.07, 6.45) is 0.954. The Morgan fingerprint density at radius 1 is 1.50 bits per heavy atom. The summed E-state index contributed by atoms with van der Waals surface area (Å²) in [6, 6.07) is 0.584. The zero-order valence-electron chi connectivity index (χ0n) is 8.19. The van der Waals surface area contributed by atoms with Gasteiger partial charge in [0.2, 0.25) is 0 Å². The SMILES string of the molecule is CCN(CCCN=[N+]=[N-])C(C)C. The maximum atomic E-state index is 8.04. The van der Waals surface area contributed by atoms with Gasteiger partial charge in [0, 0.05) is 17.5 Å². The summed E-state index contributed by atoms with van der Waals surface area (Å²) < 4.78 is 0. The van der Waals surface area contributed by atoms with Crippen LogP contribution in [-0.2, 0) is 0 Å². The van der Waals surface area contributed by atoms with Gasteiger partial charge in [-0.25, -0.2) is 0 Å². The van der Waals surface area contributed by atoms with E-state index in [1.54, 1.807) is 0 Å². The molecular formula is C8H18N4. The molecule has 0 fully saturated rings. The van der Waals surface area contributed by atoms with E-state index in [0.29, 0.717) is 12.6 Å². The van der Waals surface area contributed by atoms with Gasteiger partial charge in [0.1, 0.15) is 0 Å². The van der Waals surface area contributed by atoms with Crippen molar-refractivity contribution in [2.75, 3.05) is 19.6 Å². The first-order valence-corrected chi connectivity index (χ1v) is 4.47. The third kappa shape index (κ3) is 4.99. The van der Waals surface area contributed by atoms with Crippen LogP contribution in [0.5, 0.6) is 0 Å². The van der Waals surface area contributed by atoms with E-state index in [-0.39, 0.29) is 0 Å². The molecule has 70 valence electrons. The summed E-state index contributed by atoms with van der Waals surface area (Å²) in [7, 11) is 0. The molecule has 4 heteroatoms. The predicted octanol–water partition coefficient (Wildman–Crippen LogP) is 2.42. The van der Waals surface area contributed by atoms with Crippen molar-refractivity contribution in [3.8, 4) is 0 Å². The highest BCUT2D eigenvalue weighted by molar-refractivity contribution is 4.61. The second-order valence-electron chi connectivity index (χ2n) is 3.03. The molecule has 0 spiro atoms. The van der Waals surface area contributed by atoms with Gasteiger partial charge in [0.25, 0.3) is 0 Å². The number of nitrogens with zero attached hydrogens (tertiary/aromatic N) is 4. The lowest BCUT2D eigenvalue weighted by Crippen LogP contribution is -2.31. The van der Waals surface area contributed by atoms with Crippen LogP contribution in [0.3, 0.4) is 0 Å². The van der Waals surface area contributed by atoms with Crippen molar-refractivity contribution in [1.82, 2.24) is 4.90 Å². The van der Waals surface area contributed by atoms with Crippen LogP contribution < -0.4 is 0 Å². The van der Waals surface area contributed by atoms with Crippen LogP contribution >= 0.6 is 0 Å². The lowest BCUT2D eigenvalue weighted by Gasteiger charge is -2.24. The van der Waals surface area contributed by atoms with Crippen molar-refractivity contribution in [3.63, 3.8) is 0 Å². The van der Waals surface area contributed by atoms with Crippen LogP contribution in [-0.4, -0.2) is 30.6 Å². The van der Waals surface area contributed by atoms with Crippen LogP contribution in [0.25, 0.3) is 10.4 Å². The minimum Gasteiger partial charge on any atom is -0.301 e. The quantitative estimate of drug-likeness (QED) is 0.261. The van der Waals surface area contributed by atoms with Gasteiger partial charge in [-0.05, 0) is 38.9 Å². The zero-order valence-corrected chi connectivity index (χ0v) is 8.19. The maximum Gasteiger partial charge on any atom is 0.0270 e. The Kier molecular flexibility index (Phi) is 6.53. The normalized spacial score (nSPS) is 10.4. The number of hydrogen-bond donors (Lipinski definition) is 0. The molecule has 12 heavy (non-hydrogen) atoms. The van der Waals surface area contributed by atoms with Crippen LogP contribution in [0.4, 0.5) is 0 Å². The molecule has 0 atom stereocenters. The molecule has 0 saturated heterocycles. The van der Waals surface area contributed by atoms with Crippen LogP contribution in [0.2, 0.25) is 0 Å². The number of azide groups is 1. The first kappa shape index (κ1) is 11.3. The summed E-state index contributed by atoms with van der Waals surface area (Å²) in [5.41, 5.74) is 8.04. The molecule has 0 rings (SSSR count). The molecule has 0 radical (unpaired) electrons. The predicted molar refractivity (Wildman–Crippen MR) is 51.0 cm³/mol. The molecular weight excluding hydrogens is 152 g/mol. The lowest BCUT2D eigenvalue weighted by molar-refractivity contribution is 0.232. The van der Waals surface area contributed by atoms with Gasteiger partial charge in [-0.2, -0.15) is 0 Å².